The summed E-state index contributed by atoms with van der Waals surface area (Å²) in [6.45, 7) is 5.93. The molecule has 8 nitrogen and oxygen atoms in total. The number of hydrazine groups is 1. The maximum atomic E-state index is 12.3. The molecule has 0 aliphatic carbocycles. The highest BCUT2D eigenvalue weighted by molar-refractivity contribution is 5.80. The molecule has 0 fully saturated rings. The SMILES string of the molecule is CCCCC[C@@H](CN(O)C=O)C(=O)NNc1ncc(CC)c(C)n1. The Kier molecular flexibility index (Phi) is 8.70. The van der Waals surface area contributed by atoms with Gasteiger partial charge in [0.2, 0.25) is 18.3 Å². The van der Waals surface area contributed by atoms with Crippen LogP contribution in [0.15, 0.2) is 6.20 Å². The fourth-order valence-electron chi connectivity index (χ4n) is 2.33. The zero-order valence-electron chi connectivity index (χ0n) is 14.6. The highest BCUT2D eigenvalue weighted by Crippen LogP contribution is 2.12. The third-order valence-corrected chi connectivity index (χ3v) is 3.82. The normalized spacial score (nSPS) is 11.7. The number of carbonyl (C=O) groups excluding carboxylic acids is 2. The van der Waals surface area contributed by atoms with Crippen LogP contribution in [-0.2, 0) is 16.0 Å². The van der Waals surface area contributed by atoms with Gasteiger partial charge in [0.25, 0.3) is 0 Å². The second-order valence-corrected chi connectivity index (χ2v) is 5.69. The van der Waals surface area contributed by atoms with E-state index in [-0.39, 0.29) is 12.5 Å². The van der Waals surface area contributed by atoms with Crippen LogP contribution in [0.25, 0.3) is 0 Å². The molecule has 0 aliphatic rings. The fraction of sp³-hybridized carbons (Fsp3) is 0.625. The van der Waals surface area contributed by atoms with Crippen molar-refractivity contribution in [3.8, 4) is 0 Å². The molecule has 1 aromatic rings. The molecule has 0 saturated heterocycles. The van der Waals surface area contributed by atoms with E-state index in [0.717, 1.165) is 36.9 Å². The molecule has 1 rings (SSSR count). The predicted molar refractivity (Wildman–Crippen MR) is 90.1 cm³/mol. The minimum absolute atomic E-state index is 0.0462. The van der Waals surface area contributed by atoms with Crippen LogP contribution in [0.2, 0.25) is 0 Å². The van der Waals surface area contributed by atoms with Gasteiger partial charge in [-0.1, -0.05) is 33.1 Å². The quantitative estimate of drug-likeness (QED) is 0.246. The van der Waals surface area contributed by atoms with Crippen molar-refractivity contribution in [2.24, 2.45) is 5.92 Å². The topological polar surface area (TPSA) is 107 Å². The minimum atomic E-state index is -0.504. The van der Waals surface area contributed by atoms with Gasteiger partial charge in [0, 0.05) is 11.9 Å². The van der Waals surface area contributed by atoms with Gasteiger partial charge in [-0.05, 0) is 25.3 Å². The zero-order valence-corrected chi connectivity index (χ0v) is 14.6. The van der Waals surface area contributed by atoms with Gasteiger partial charge in [0.05, 0.1) is 12.5 Å². The van der Waals surface area contributed by atoms with E-state index in [1.807, 2.05) is 13.8 Å². The number of nitrogens with zero attached hydrogens (tertiary/aromatic N) is 3. The lowest BCUT2D eigenvalue weighted by Gasteiger charge is -2.19. The molecule has 0 aliphatic heterocycles. The Morgan fingerprint density at radius 2 is 2.17 bits per heavy atom. The van der Waals surface area contributed by atoms with Crippen LogP contribution >= 0.6 is 0 Å². The van der Waals surface area contributed by atoms with E-state index in [9.17, 15) is 14.8 Å². The maximum Gasteiger partial charge on any atom is 0.243 e. The minimum Gasteiger partial charge on any atom is -0.286 e. The third kappa shape index (κ3) is 6.49. The summed E-state index contributed by atoms with van der Waals surface area (Å²) >= 11 is 0. The molecule has 0 spiro atoms. The number of unbranched alkanes of at least 4 members (excludes halogenated alkanes) is 2. The van der Waals surface area contributed by atoms with Gasteiger partial charge < -0.3 is 0 Å². The number of aromatic nitrogens is 2. The lowest BCUT2D eigenvalue weighted by molar-refractivity contribution is -0.154. The van der Waals surface area contributed by atoms with Crippen molar-refractivity contribution in [3.05, 3.63) is 17.5 Å². The molecule has 0 bridgehead atoms. The maximum absolute atomic E-state index is 12.3. The summed E-state index contributed by atoms with van der Waals surface area (Å²) in [7, 11) is 0. The molecule has 3 N–H and O–H groups in total. The number of anilines is 1. The molecule has 134 valence electrons. The highest BCUT2D eigenvalue weighted by Gasteiger charge is 2.20. The van der Waals surface area contributed by atoms with E-state index in [2.05, 4.69) is 27.7 Å². The Labute approximate surface area is 142 Å². The number of hydrogen-bond acceptors (Lipinski definition) is 6. The Morgan fingerprint density at radius 3 is 2.75 bits per heavy atom. The fourth-order valence-corrected chi connectivity index (χ4v) is 2.33. The summed E-state index contributed by atoms with van der Waals surface area (Å²) in [5, 5.41) is 9.85. The van der Waals surface area contributed by atoms with E-state index >= 15 is 0 Å². The van der Waals surface area contributed by atoms with Gasteiger partial charge in [0.1, 0.15) is 0 Å². The van der Waals surface area contributed by atoms with Crippen LogP contribution in [0.5, 0.6) is 0 Å². The van der Waals surface area contributed by atoms with Gasteiger partial charge >= 0.3 is 0 Å². The molecule has 1 heterocycles. The van der Waals surface area contributed by atoms with E-state index in [0.29, 0.717) is 23.8 Å². The smallest absolute Gasteiger partial charge is 0.243 e. The summed E-state index contributed by atoms with van der Waals surface area (Å²) in [4.78, 5) is 31.3. The van der Waals surface area contributed by atoms with E-state index in [1.54, 1.807) is 6.20 Å². The van der Waals surface area contributed by atoms with Crippen molar-refractivity contribution in [2.75, 3.05) is 12.0 Å². The predicted octanol–water partition coefficient (Wildman–Crippen LogP) is 1.83. The van der Waals surface area contributed by atoms with Crippen molar-refractivity contribution in [3.63, 3.8) is 0 Å². The average molecular weight is 337 g/mol. The van der Waals surface area contributed by atoms with Crippen molar-refractivity contribution >= 4 is 18.3 Å². The first-order chi connectivity index (χ1) is 11.5. The molecular formula is C16H27N5O3. The molecule has 0 saturated carbocycles. The summed E-state index contributed by atoms with van der Waals surface area (Å²) < 4.78 is 0. The summed E-state index contributed by atoms with van der Waals surface area (Å²) in [6.07, 6.45) is 6.31. The molecule has 24 heavy (non-hydrogen) atoms. The standard InChI is InChI=1S/C16H27N5O3/c1-4-6-7-8-14(10-21(24)11-22)15(23)19-20-16-17-9-13(5-2)12(3)18-16/h9,11,14,24H,4-8,10H2,1-3H3,(H,19,23)(H,17,18,20)/t14-/m0/s1. The number of carbonyl (C=O) groups is 2. The van der Waals surface area contributed by atoms with Gasteiger partial charge in [-0.3, -0.25) is 25.6 Å². The Morgan fingerprint density at radius 1 is 1.42 bits per heavy atom. The number of rotatable bonds is 11. The van der Waals surface area contributed by atoms with Crippen molar-refractivity contribution in [1.82, 2.24) is 20.5 Å². The van der Waals surface area contributed by atoms with E-state index < -0.39 is 5.92 Å². The van der Waals surface area contributed by atoms with Gasteiger partial charge in [-0.15, -0.1) is 0 Å². The largest absolute Gasteiger partial charge is 0.286 e. The molecule has 1 atom stereocenters. The Bertz CT molecular complexity index is 538. The zero-order chi connectivity index (χ0) is 17.9. The van der Waals surface area contributed by atoms with Crippen LogP contribution in [0, 0.1) is 12.8 Å². The molecule has 0 unspecified atom stereocenters. The van der Waals surface area contributed by atoms with Crippen molar-refractivity contribution < 1.29 is 14.8 Å². The second kappa shape index (κ2) is 10.5. The molecular weight excluding hydrogens is 310 g/mol. The van der Waals surface area contributed by atoms with E-state index in [4.69, 9.17) is 0 Å². The van der Waals surface area contributed by atoms with Crippen molar-refractivity contribution in [1.29, 1.82) is 0 Å². The lowest BCUT2D eigenvalue weighted by Crippen LogP contribution is -2.40. The number of amides is 2. The van der Waals surface area contributed by atoms with Crippen LogP contribution in [0.3, 0.4) is 0 Å². The first-order valence-electron chi connectivity index (χ1n) is 8.30. The molecule has 8 heteroatoms. The van der Waals surface area contributed by atoms with Crippen molar-refractivity contribution in [2.45, 2.75) is 52.9 Å². The van der Waals surface area contributed by atoms with Gasteiger partial charge in [-0.25, -0.2) is 15.0 Å². The summed E-state index contributed by atoms with van der Waals surface area (Å²) in [5.41, 5.74) is 7.14. The number of hydrogen-bond donors (Lipinski definition) is 3. The van der Waals surface area contributed by atoms with Crippen LogP contribution in [0.4, 0.5) is 5.95 Å². The highest BCUT2D eigenvalue weighted by atomic mass is 16.5. The number of nitrogens with one attached hydrogen (secondary N) is 2. The second-order valence-electron chi connectivity index (χ2n) is 5.69. The Hall–Kier alpha value is -2.22. The van der Waals surface area contributed by atoms with Crippen LogP contribution in [0.1, 0.15) is 50.8 Å². The lowest BCUT2D eigenvalue weighted by atomic mass is 10.0. The summed E-state index contributed by atoms with van der Waals surface area (Å²) in [6, 6.07) is 0. The monoisotopic (exact) mass is 337 g/mol. The van der Waals surface area contributed by atoms with E-state index in [1.165, 1.54) is 0 Å². The summed E-state index contributed by atoms with van der Waals surface area (Å²) in [5.74, 6) is -0.510. The molecule has 2 amide bonds. The first kappa shape index (κ1) is 19.8. The number of hydroxylamine groups is 2. The third-order valence-electron chi connectivity index (χ3n) is 3.82. The van der Waals surface area contributed by atoms with Crippen LogP contribution in [-0.4, -0.2) is 39.1 Å². The molecule has 1 aromatic heterocycles. The van der Waals surface area contributed by atoms with Gasteiger partial charge in [0.15, 0.2) is 0 Å². The Balaban J connectivity index is 2.62. The van der Waals surface area contributed by atoms with Gasteiger partial charge in [-0.2, -0.15) is 0 Å². The first-order valence-corrected chi connectivity index (χ1v) is 8.30. The average Bonchev–Trinajstić information content (AvgIpc) is 2.58. The van der Waals surface area contributed by atoms with Crippen LogP contribution < -0.4 is 10.9 Å². The molecule has 0 radical (unpaired) electrons. The molecule has 0 aromatic carbocycles. The number of aryl methyl sites for hydroxylation is 2.